The van der Waals surface area contributed by atoms with Crippen molar-refractivity contribution in [2.75, 3.05) is 31.7 Å². The van der Waals surface area contributed by atoms with Gasteiger partial charge in [-0.1, -0.05) is 81.5 Å². The quantitative estimate of drug-likeness (QED) is 0.0220. The van der Waals surface area contributed by atoms with E-state index in [1.807, 2.05) is 42.5 Å². The molecule has 0 saturated carbocycles. The SMILES string of the molecule is C=C(C)C(=O)OCCCCCCCCCCOc1ccc(CNc2ccc(/N=N/c3ccc(C(=O)OCCCCCCOC(C)=O)cc3)c3ccccc23)cc1. The molecule has 0 saturated heterocycles. The van der Waals surface area contributed by atoms with Crippen molar-refractivity contribution in [3.05, 3.63) is 108 Å². The number of nitrogens with zero attached hydrogens (tertiary/aromatic N) is 2. The number of nitrogens with one attached hydrogen (secondary N) is 1. The molecule has 10 heteroatoms. The van der Waals surface area contributed by atoms with Crippen LogP contribution in [0.4, 0.5) is 17.1 Å². The molecule has 1 N–H and O–H groups in total. The second-order valence-corrected chi connectivity index (χ2v) is 13.9. The highest BCUT2D eigenvalue weighted by molar-refractivity contribution is 6.00. The summed E-state index contributed by atoms with van der Waals surface area (Å²) >= 11 is 0. The Balaban J connectivity index is 1.14. The summed E-state index contributed by atoms with van der Waals surface area (Å²) in [5, 5.41) is 14.6. The van der Waals surface area contributed by atoms with Gasteiger partial charge in [-0.3, -0.25) is 4.79 Å². The first kappa shape index (κ1) is 43.2. The Kier molecular flexibility index (Phi) is 19.1. The Morgan fingerprint density at radius 3 is 1.79 bits per heavy atom. The van der Waals surface area contributed by atoms with E-state index in [9.17, 15) is 14.4 Å². The smallest absolute Gasteiger partial charge is 0.338 e. The number of esters is 3. The van der Waals surface area contributed by atoms with Crippen molar-refractivity contribution in [1.82, 2.24) is 0 Å². The van der Waals surface area contributed by atoms with Crippen LogP contribution in [0.5, 0.6) is 5.75 Å². The van der Waals surface area contributed by atoms with E-state index in [1.54, 1.807) is 31.2 Å². The predicted octanol–water partition coefficient (Wildman–Crippen LogP) is 11.8. The Morgan fingerprint density at radius 2 is 1.16 bits per heavy atom. The molecule has 4 aromatic rings. The highest BCUT2D eigenvalue weighted by Crippen LogP contribution is 2.33. The van der Waals surface area contributed by atoms with Crippen LogP contribution < -0.4 is 10.1 Å². The van der Waals surface area contributed by atoms with E-state index in [0.717, 1.165) is 84.8 Å². The maximum absolute atomic E-state index is 12.5. The van der Waals surface area contributed by atoms with Crippen molar-refractivity contribution in [2.45, 2.75) is 97.4 Å². The van der Waals surface area contributed by atoms with Crippen LogP contribution in [0.2, 0.25) is 0 Å². The zero-order valence-corrected chi connectivity index (χ0v) is 33.1. The minimum Gasteiger partial charge on any atom is -0.494 e. The van der Waals surface area contributed by atoms with Gasteiger partial charge in [0.1, 0.15) is 5.75 Å². The molecule has 0 fully saturated rings. The molecule has 0 atom stereocenters. The Hall–Kier alpha value is -5.51. The molecule has 0 aliphatic rings. The fourth-order valence-electron chi connectivity index (χ4n) is 5.97. The Labute approximate surface area is 331 Å². The summed E-state index contributed by atoms with van der Waals surface area (Å²) in [7, 11) is 0. The molecule has 298 valence electrons. The molecule has 0 bridgehead atoms. The summed E-state index contributed by atoms with van der Waals surface area (Å²) in [6.07, 6.45) is 12.4. The lowest BCUT2D eigenvalue weighted by atomic mass is 10.1. The molecule has 0 heterocycles. The molecule has 56 heavy (non-hydrogen) atoms. The third kappa shape index (κ3) is 16.1. The van der Waals surface area contributed by atoms with Crippen molar-refractivity contribution in [3.8, 4) is 5.75 Å². The highest BCUT2D eigenvalue weighted by Gasteiger charge is 2.09. The summed E-state index contributed by atoms with van der Waals surface area (Å²) in [4.78, 5) is 34.6. The van der Waals surface area contributed by atoms with Crippen LogP contribution in [-0.2, 0) is 30.3 Å². The monoisotopic (exact) mass is 763 g/mol. The molecule has 10 nitrogen and oxygen atoms in total. The number of azo groups is 1. The molecule has 4 rings (SSSR count). The second kappa shape index (κ2) is 24.8. The molecule has 0 amide bonds. The van der Waals surface area contributed by atoms with Crippen molar-refractivity contribution in [3.63, 3.8) is 0 Å². The van der Waals surface area contributed by atoms with Gasteiger partial charge in [0.05, 0.1) is 43.4 Å². The van der Waals surface area contributed by atoms with Crippen LogP contribution >= 0.6 is 0 Å². The van der Waals surface area contributed by atoms with Gasteiger partial charge in [-0.05, 0) is 99.5 Å². The normalized spacial score (nSPS) is 11.0. The van der Waals surface area contributed by atoms with Gasteiger partial charge in [0.25, 0.3) is 0 Å². The van der Waals surface area contributed by atoms with Gasteiger partial charge in [0.15, 0.2) is 0 Å². The van der Waals surface area contributed by atoms with Crippen LogP contribution in [0.1, 0.15) is 107 Å². The summed E-state index contributed by atoms with van der Waals surface area (Å²) < 4.78 is 21.5. The predicted molar refractivity (Wildman–Crippen MR) is 222 cm³/mol. The van der Waals surface area contributed by atoms with Gasteiger partial charge < -0.3 is 24.3 Å². The lowest BCUT2D eigenvalue weighted by Crippen LogP contribution is -2.06. The van der Waals surface area contributed by atoms with Crippen LogP contribution in [0.15, 0.2) is 107 Å². The lowest BCUT2D eigenvalue weighted by Gasteiger charge is -2.12. The first-order chi connectivity index (χ1) is 27.3. The van der Waals surface area contributed by atoms with Crippen molar-refractivity contribution in [2.24, 2.45) is 10.2 Å². The van der Waals surface area contributed by atoms with E-state index in [2.05, 4.69) is 40.3 Å². The fourth-order valence-corrected chi connectivity index (χ4v) is 5.97. The third-order valence-electron chi connectivity index (χ3n) is 9.15. The summed E-state index contributed by atoms with van der Waals surface area (Å²) in [5.41, 5.74) is 4.46. The second-order valence-electron chi connectivity index (χ2n) is 13.9. The average molecular weight is 764 g/mol. The third-order valence-corrected chi connectivity index (χ3v) is 9.15. The molecule has 0 spiro atoms. The van der Waals surface area contributed by atoms with Gasteiger partial charge >= 0.3 is 17.9 Å². The summed E-state index contributed by atoms with van der Waals surface area (Å²) in [6, 6.07) is 27.3. The number of anilines is 1. The van der Waals surface area contributed by atoms with E-state index >= 15 is 0 Å². The topological polar surface area (TPSA) is 125 Å². The first-order valence-electron chi connectivity index (χ1n) is 19.9. The Morgan fingerprint density at radius 1 is 0.589 bits per heavy atom. The zero-order chi connectivity index (χ0) is 39.8. The van der Waals surface area contributed by atoms with Gasteiger partial charge in [0, 0.05) is 35.5 Å². The maximum atomic E-state index is 12.5. The van der Waals surface area contributed by atoms with E-state index in [1.165, 1.54) is 32.6 Å². The van der Waals surface area contributed by atoms with Gasteiger partial charge in [0.2, 0.25) is 0 Å². The van der Waals surface area contributed by atoms with E-state index in [4.69, 9.17) is 18.9 Å². The average Bonchev–Trinajstić information content (AvgIpc) is 3.21. The Bertz CT molecular complexity index is 1860. The summed E-state index contributed by atoms with van der Waals surface area (Å²) in [5.74, 6) is -0.0482. The minimum absolute atomic E-state index is 0.264. The fraction of sp³-hybridized carbons (Fsp3) is 0.413. The zero-order valence-electron chi connectivity index (χ0n) is 33.1. The largest absolute Gasteiger partial charge is 0.494 e. The first-order valence-corrected chi connectivity index (χ1v) is 19.9. The number of rotatable bonds is 26. The number of fused-ring (bicyclic) bond motifs is 1. The molecule has 0 unspecified atom stereocenters. The molecule has 0 aliphatic carbocycles. The van der Waals surface area contributed by atoms with Crippen molar-refractivity contribution < 1.29 is 33.3 Å². The van der Waals surface area contributed by atoms with E-state index in [0.29, 0.717) is 49.8 Å². The molecular formula is C46H57N3O7. The number of carbonyl (C=O) groups is 3. The number of ether oxygens (including phenoxy) is 4. The van der Waals surface area contributed by atoms with Crippen LogP contribution in [-0.4, -0.2) is 44.3 Å². The van der Waals surface area contributed by atoms with Gasteiger partial charge in [-0.25, -0.2) is 9.59 Å². The molecule has 0 radical (unpaired) electrons. The minimum atomic E-state index is -0.369. The van der Waals surface area contributed by atoms with Crippen LogP contribution in [0, 0.1) is 0 Å². The number of benzene rings is 4. The number of hydrogen-bond donors (Lipinski definition) is 1. The molecule has 0 aromatic heterocycles. The van der Waals surface area contributed by atoms with E-state index in [-0.39, 0.29) is 17.9 Å². The number of unbranched alkanes of at least 4 members (excludes halogenated alkanes) is 10. The molecule has 0 aliphatic heterocycles. The van der Waals surface area contributed by atoms with Gasteiger partial charge in [-0.2, -0.15) is 5.11 Å². The highest BCUT2D eigenvalue weighted by atomic mass is 16.5. The molecule has 4 aromatic carbocycles. The maximum Gasteiger partial charge on any atom is 0.338 e. The van der Waals surface area contributed by atoms with Crippen LogP contribution in [0.25, 0.3) is 10.8 Å². The van der Waals surface area contributed by atoms with E-state index < -0.39 is 0 Å². The van der Waals surface area contributed by atoms with Crippen LogP contribution in [0.3, 0.4) is 0 Å². The number of carbonyl (C=O) groups excluding carboxylic acids is 3. The lowest BCUT2D eigenvalue weighted by molar-refractivity contribution is -0.141. The van der Waals surface area contributed by atoms with Crippen molar-refractivity contribution in [1.29, 1.82) is 0 Å². The summed E-state index contributed by atoms with van der Waals surface area (Å²) in [6.45, 7) is 9.30. The number of hydrogen-bond acceptors (Lipinski definition) is 10. The molecular weight excluding hydrogens is 707 g/mol. The van der Waals surface area contributed by atoms with Gasteiger partial charge in [-0.15, -0.1) is 5.11 Å². The standard InChI is InChI=1S/C46H57N3O7/c1-35(2)45(51)55-32-16-9-7-5-4-6-8-15-31-54-40-26-20-37(21-27-40)34-47-43-28-29-44(42-19-13-12-18-41(42)43)49-48-39-24-22-38(23-25-39)46(52)56-33-17-11-10-14-30-53-36(3)50/h12-13,18-29,47H,1,4-11,14-17,30-34H2,2-3H3/b49-48+. The van der Waals surface area contributed by atoms with Crippen molar-refractivity contribution >= 4 is 45.7 Å².